The minimum atomic E-state index is -0.533. The molecule has 0 aromatic heterocycles. The van der Waals surface area contributed by atoms with Gasteiger partial charge in [0, 0.05) is 5.69 Å². The van der Waals surface area contributed by atoms with Crippen molar-refractivity contribution in [2.75, 3.05) is 23.8 Å². The third-order valence-electron chi connectivity index (χ3n) is 2.02. The van der Waals surface area contributed by atoms with Gasteiger partial charge in [0.15, 0.2) is 0 Å². The summed E-state index contributed by atoms with van der Waals surface area (Å²) in [7, 11) is 0. The van der Waals surface area contributed by atoms with Gasteiger partial charge in [0.2, 0.25) is 0 Å². The van der Waals surface area contributed by atoms with Gasteiger partial charge in [0.05, 0.1) is 12.2 Å². The second kappa shape index (κ2) is 3.17. The van der Waals surface area contributed by atoms with Crippen molar-refractivity contribution in [2.24, 2.45) is 0 Å². The van der Waals surface area contributed by atoms with Gasteiger partial charge in [0.25, 0.3) is 0 Å². The first-order chi connectivity index (χ1) is 6.68. The molecule has 0 saturated carbocycles. The first-order valence-electron chi connectivity index (χ1n) is 4.18. The highest BCUT2D eigenvalue weighted by atomic mass is 19.1. The Bertz CT molecular complexity index is 381. The summed E-state index contributed by atoms with van der Waals surface area (Å²) in [6.45, 7) is 0.645. The molecule has 2 N–H and O–H groups in total. The van der Waals surface area contributed by atoms with Crippen LogP contribution < -0.4 is 10.6 Å². The Morgan fingerprint density at radius 3 is 2.93 bits per heavy atom. The van der Waals surface area contributed by atoms with Gasteiger partial charge in [-0.25, -0.2) is 9.18 Å². The number of carbonyl (C=O) groups is 1. The zero-order valence-electron chi connectivity index (χ0n) is 7.37. The predicted molar refractivity (Wildman–Crippen MR) is 49.5 cm³/mol. The van der Waals surface area contributed by atoms with E-state index < -0.39 is 11.9 Å². The summed E-state index contributed by atoms with van der Waals surface area (Å²) in [5.41, 5.74) is 6.09. The Balaban J connectivity index is 2.39. The Kier molecular flexibility index (Phi) is 1.99. The standard InChI is InChI=1S/C9H9FN2O2/c10-7-2-1-6(11)5-8(7)12-3-4-14-9(12)13/h1-2,5H,3-4,11H2. The van der Waals surface area contributed by atoms with Gasteiger partial charge in [-0.15, -0.1) is 0 Å². The van der Waals surface area contributed by atoms with Crippen LogP contribution in [0.2, 0.25) is 0 Å². The number of ether oxygens (including phenoxy) is 1. The van der Waals surface area contributed by atoms with Crippen LogP contribution in [0, 0.1) is 5.82 Å². The molecule has 0 unspecified atom stereocenters. The number of halogens is 1. The van der Waals surface area contributed by atoms with Crippen molar-refractivity contribution in [1.29, 1.82) is 0 Å². The van der Waals surface area contributed by atoms with E-state index in [-0.39, 0.29) is 12.3 Å². The molecule has 1 aliphatic heterocycles. The van der Waals surface area contributed by atoms with Gasteiger partial charge >= 0.3 is 6.09 Å². The number of carbonyl (C=O) groups excluding carboxylic acids is 1. The van der Waals surface area contributed by atoms with E-state index in [1.165, 1.54) is 23.1 Å². The average molecular weight is 196 g/mol. The van der Waals surface area contributed by atoms with Crippen molar-refractivity contribution in [3.05, 3.63) is 24.0 Å². The number of hydrogen-bond acceptors (Lipinski definition) is 3. The van der Waals surface area contributed by atoms with Crippen LogP contribution in [-0.4, -0.2) is 19.2 Å². The van der Waals surface area contributed by atoms with Crippen LogP contribution in [-0.2, 0) is 4.74 Å². The normalized spacial score (nSPS) is 15.8. The molecule has 0 atom stereocenters. The molecule has 2 rings (SSSR count). The lowest BCUT2D eigenvalue weighted by atomic mass is 10.2. The zero-order valence-corrected chi connectivity index (χ0v) is 7.37. The Labute approximate surface area is 80.1 Å². The summed E-state index contributed by atoms with van der Waals surface area (Å²) in [6.07, 6.45) is -0.533. The lowest BCUT2D eigenvalue weighted by molar-refractivity contribution is 0.181. The fraction of sp³-hybridized carbons (Fsp3) is 0.222. The maximum absolute atomic E-state index is 13.3. The van der Waals surface area contributed by atoms with Crippen molar-refractivity contribution in [3.8, 4) is 0 Å². The number of anilines is 2. The lowest BCUT2D eigenvalue weighted by Gasteiger charge is -2.13. The molecule has 5 heteroatoms. The largest absolute Gasteiger partial charge is 0.447 e. The molecule has 1 saturated heterocycles. The van der Waals surface area contributed by atoms with Crippen LogP contribution in [0.1, 0.15) is 0 Å². The van der Waals surface area contributed by atoms with Gasteiger partial charge in [0.1, 0.15) is 12.4 Å². The first-order valence-corrected chi connectivity index (χ1v) is 4.18. The fourth-order valence-corrected chi connectivity index (χ4v) is 1.35. The molecule has 1 aliphatic rings. The highest BCUT2D eigenvalue weighted by Crippen LogP contribution is 2.24. The first kappa shape index (κ1) is 8.80. The van der Waals surface area contributed by atoms with Gasteiger partial charge in [-0.2, -0.15) is 0 Å². The summed E-state index contributed by atoms with van der Waals surface area (Å²) in [5, 5.41) is 0. The molecule has 0 spiro atoms. The predicted octanol–water partition coefficient (Wildman–Crippen LogP) is 1.36. The number of rotatable bonds is 1. The number of benzene rings is 1. The number of nitrogen functional groups attached to an aromatic ring is 1. The fourth-order valence-electron chi connectivity index (χ4n) is 1.35. The zero-order chi connectivity index (χ0) is 10.1. The monoisotopic (exact) mass is 196 g/mol. The summed E-state index contributed by atoms with van der Waals surface area (Å²) < 4.78 is 18.0. The molecular formula is C9H9FN2O2. The Hall–Kier alpha value is -1.78. The van der Waals surface area contributed by atoms with Crippen molar-refractivity contribution >= 4 is 17.5 Å². The topological polar surface area (TPSA) is 55.6 Å². The third-order valence-corrected chi connectivity index (χ3v) is 2.02. The maximum atomic E-state index is 13.3. The number of amides is 1. The number of nitrogens with two attached hydrogens (primary N) is 1. The highest BCUT2D eigenvalue weighted by Gasteiger charge is 2.25. The summed E-state index contributed by atoms with van der Waals surface area (Å²) >= 11 is 0. The third kappa shape index (κ3) is 1.37. The van der Waals surface area contributed by atoms with E-state index in [0.29, 0.717) is 12.2 Å². The van der Waals surface area contributed by atoms with Crippen molar-refractivity contribution in [3.63, 3.8) is 0 Å². The van der Waals surface area contributed by atoms with E-state index >= 15 is 0 Å². The van der Waals surface area contributed by atoms with E-state index in [1.807, 2.05) is 0 Å². The second-order valence-corrected chi connectivity index (χ2v) is 2.98. The molecule has 1 fully saturated rings. The average Bonchev–Trinajstić information content (AvgIpc) is 2.56. The van der Waals surface area contributed by atoms with Crippen LogP contribution >= 0.6 is 0 Å². The second-order valence-electron chi connectivity index (χ2n) is 2.98. The number of nitrogens with zero attached hydrogens (tertiary/aromatic N) is 1. The number of hydrogen-bond donors (Lipinski definition) is 1. The summed E-state index contributed by atoms with van der Waals surface area (Å²) in [6, 6.07) is 4.10. The molecular weight excluding hydrogens is 187 g/mol. The molecule has 0 bridgehead atoms. The Morgan fingerprint density at radius 2 is 2.29 bits per heavy atom. The molecule has 4 nitrogen and oxygen atoms in total. The lowest BCUT2D eigenvalue weighted by Crippen LogP contribution is -2.24. The van der Waals surface area contributed by atoms with E-state index in [0.717, 1.165) is 0 Å². The van der Waals surface area contributed by atoms with Crippen molar-refractivity contribution < 1.29 is 13.9 Å². The smallest absolute Gasteiger partial charge is 0.414 e. The molecule has 1 aromatic rings. The summed E-state index contributed by atoms with van der Waals surface area (Å²) in [5.74, 6) is -0.474. The van der Waals surface area contributed by atoms with E-state index in [1.54, 1.807) is 0 Å². The van der Waals surface area contributed by atoms with Crippen molar-refractivity contribution in [1.82, 2.24) is 0 Å². The minimum absolute atomic E-state index is 0.174. The summed E-state index contributed by atoms with van der Waals surface area (Å²) in [4.78, 5) is 12.4. The van der Waals surface area contributed by atoms with Crippen LogP contribution in [0.25, 0.3) is 0 Å². The molecule has 1 amide bonds. The minimum Gasteiger partial charge on any atom is -0.447 e. The van der Waals surface area contributed by atoms with Crippen LogP contribution in [0.3, 0.4) is 0 Å². The van der Waals surface area contributed by atoms with Crippen molar-refractivity contribution in [2.45, 2.75) is 0 Å². The number of cyclic esters (lactones) is 1. The molecule has 1 aromatic carbocycles. The van der Waals surface area contributed by atoms with Crippen LogP contribution in [0.4, 0.5) is 20.6 Å². The highest BCUT2D eigenvalue weighted by molar-refractivity contribution is 5.90. The van der Waals surface area contributed by atoms with E-state index in [9.17, 15) is 9.18 Å². The SMILES string of the molecule is Nc1ccc(F)c(N2CCOC2=O)c1. The van der Waals surface area contributed by atoms with Gasteiger partial charge in [-0.3, -0.25) is 4.90 Å². The van der Waals surface area contributed by atoms with Crippen LogP contribution in [0.15, 0.2) is 18.2 Å². The van der Waals surface area contributed by atoms with Crippen LogP contribution in [0.5, 0.6) is 0 Å². The van der Waals surface area contributed by atoms with Gasteiger partial charge in [-0.1, -0.05) is 0 Å². The molecule has 14 heavy (non-hydrogen) atoms. The Morgan fingerprint density at radius 1 is 1.50 bits per heavy atom. The molecule has 0 radical (unpaired) electrons. The van der Waals surface area contributed by atoms with Gasteiger partial charge in [-0.05, 0) is 18.2 Å². The molecule has 0 aliphatic carbocycles. The van der Waals surface area contributed by atoms with E-state index in [4.69, 9.17) is 10.5 Å². The molecule has 74 valence electrons. The van der Waals surface area contributed by atoms with E-state index in [2.05, 4.69) is 0 Å². The maximum Gasteiger partial charge on any atom is 0.414 e. The quantitative estimate of drug-likeness (QED) is 0.690. The van der Waals surface area contributed by atoms with Gasteiger partial charge < -0.3 is 10.5 Å². The molecule has 1 heterocycles.